The van der Waals surface area contributed by atoms with E-state index in [1.54, 1.807) is 0 Å². The molecular formula is C21H24N8O5. The van der Waals surface area contributed by atoms with Crippen molar-refractivity contribution in [2.75, 3.05) is 74.8 Å². The first-order valence-electron chi connectivity index (χ1n) is 10.9. The van der Waals surface area contributed by atoms with E-state index in [2.05, 4.69) is 25.1 Å². The standard InChI is InChI=1S/C21H24N8O5/c1-32-17-11-15-14(10-16(17)29(30)31)20(23-13-22-15)26-21-24-18(27-2-6-33-7-3-27)12-19(25-21)28-4-8-34-9-5-28/h10-13H,2-9H2,1H3,(H,22,23,24,25,26). The van der Waals surface area contributed by atoms with E-state index < -0.39 is 4.92 Å². The second kappa shape index (κ2) is 9.57. The molecule has 0 aliphatic carbocycles. The Bertz CT molecular complexity index is 1160. The van der Waals surface area contributed by atoms with Gasteiger partial charge in [0.1, 0.15) is 23.8 Å². The molecule has 2 aliphatic heterocycles. The SMILES string of the molecule is COc1cc2ncnc(Nc3nc(N4CCOCC4)cc(N4CCOCC4)n3)c2cc1[N+](=O)[O-]. The van der Waals surface area contributed by atoms with Gasteiger partial charge in [0.25, 0.3) is 0 Å². The van der Waals surface area contributed by atoms with Crippen molar-refractivity contribution in [3.63, 3.8) is 0 Å². The van der Waals surface area contributed by atoms with Gasteiger partial charge in [-0.15, -0.1) is 0 Å². The van der Waals surface area contributed by atoms with E-state index in [0.29, 0.717) is 49.1 Å². The van der Waals surface area contributed by atoms with Gasteiger partial charge in [0.2, 0.25) is 5.95 Å². The summed E-state index contributed by atoms with van der Waals surface area (Å²) in [7, 11) is 1.38. The summed E-state index contributed by atoms with van der Waals surface area (Å²) in [5.74, 6) is 2.37. The van der Waals surface area contributed by atoms with E-state index in [1.807, 2.05) is 6.07 Å². The first-order chi connectivity index (χ1) is 16.6. The van der Waals surface area contributed by atoms with Gasteiger partial charge in [-0.1, -0.05) is 0 Å². The highest BCUT2D eigenvalue weighted by Crippen LogP contribution is 2.34. The highest BCUT2D eigenvalue weighted by Gasteiger charge is 2.21. The molecule has 13 nitrogen and oxygen atoms in total. The van der Waals surface area contributed by atoms with Crippen LogP contribution in [0.15, 0.2) is 24.5 Å². The molecule has 2 aromatic heterocycles. The number of nitrogens with one attached hydrogen (secondary N) is 1. The van der Waals surface area contributed by atoms with Crippen molar-refractivity contribution >= 4 is 40.0 Å². The van der Waals surface area contributed by atoms with Crippen LogP contribution in [-0.2, 0) is 9.47 Å². The van der Waals surface area contributed by atoms with Gasteiger partial charge in [0.15, 0.2) is 5.75 Å². The molecule has 5 rings (SSSR count). The Labute approximate surface area is 194 Å². The number of morpholine rings is 2. The third kappa shape index (κ3) is 4.47. The zero-order valence-electron chi connectivity index (χ0n) is 18.6. The molecule has 0 atom stereocenters. The van der Waals surface area contributed by atoms with Crippen LogP contribution in [0, 0.1) is 10.1 Å². The molecule has 13 heteroatoms. The maximum atomic E-state index is 11.5. The largest absolute Gasteiger partial charge is 0.490 e. The number of methoxy groups -OCH3 is 1. The fourth-order valence-corrected chi connectivity index (χ4v) is 3.97. The van der Waals surface area contributed by atoms with E-state index in [4.69, 9.17) is 24.2 Å². The van der Waals surface area contributed by atoms with Gasteiger partial charge in [-0.05, 0) is 0 Å². The number of fused-ring (bicyclic) bond motifs is 1. The highest BCUT2D eigenvalue weighted by molar-refractivity contribution is 5.93. The molecule has 178 valence electrons. The van der Waals surface area contributed by atoms with E-state index in [0.717, 1.165) is 37.8 Å². The number of ether oxygens (including phenoxy) is 3. The number of rotatable bonds is 6. The van der Waals surface area contributed by atoms with Crippen LogP contribution < -0.4 is 19.9 Å². The maximum absolute atomic E-state index is 11.5. The first kappa shape index (κ1) is 22.0. The van der Waals surface area contributed by atoms with Crippen LogP contribution in [0.3, 0.4) is 0 Å². The maximum Gasteiger partial charge on any atom is 0.311 e. The third-order valence-corrected chi connectivity index (χ3v) is 5.73. The van der Waals surface area contributed by atoms with Crippen molar-refractivity contribution in [1.82, 2.24) is 19.9 Å². The van der Waals surface area contributed by atoms with Crippen LogP contribution in [-0.4, -0.2) is 84.6 Å². The summed E-state index contributed by atoms with van der Waals surface area (Å²) in [6.07, 6.45) is 1.38. The lowest BCUT2D eigenvalue weighted by molar-refractivity contribution is -0.385. The minimum absolute atomic E-state index is 0.127. The molecule has 0 radical (unpaired) electrons. The van der Waals surface area contributed by atoms with Crippen LogP contribution >= 0.6 is 0 Å². The van der Waals surface area contributed by atoms with Gasteiger partial charge < -0.3 is 29.3 Å². The molecule has 0 saturated carbocycles. The molecule has 2 fully saturated rings. The highest BCUT2D eigenvalue weighted by atomic mass is 16.6. The summed E-state index contributed by atoms with van der Waals surface area (Å²) >= 11 is 0. The van der Waals surface area contributed by atoms with Gasteiger partial charge in [0.05, 0.1) is 49.4 Å². The lowest BCUT2D eigenvalue weighted by atomic mass is 10.2. The number of hydrogen-bond acceptors (Lipinski definition) is 12. The van der Waals surface area contributed by atoms with Gasteiger partial charge in [-0.2, -0.15) is 9.97 Å². The molecular weight excluding hydrogens is 444 g/mol. The summed E-state index contributed by atoms with van der Waals surface area (Å²) in [6, 6.07) is 4.88. The van der Waals surface area contributed by atoms with Crippen molar-refractivity contribution in [2.45, 2.75) is 0 Å². The first-order valence-corrected chi connectivity index (χ1v) is 10.9. The predicted molar refractivity (Wildman–Crippen MR) is 124 cm³/mol. The van der Waals surface area contributed by atoms with Crippen LogP contribution in [0.2, 0.25) is 0 Å². The fraction of sp³-hybridized carbons (Fsp3) is 0.429. The number of hydrogen-bond donors (Lipinski definition) is 1. The van der Waals surface area contributed by atoms with Gasteiger partial charge in [-0.3, -0.25) is 10.1 Å². The van der Waals surface area contributed by atoms with E-state index in [-0.39, 0.29) is 11.4 Å². The molecule has 3 aromatic rings. The van der Waals surface area contributed by atoms with Crippen molar-refractivity contribution in [3.8, 4) is 5.75 Å². The zero-order chi connectivity index (χ0) is 23.5. The lowest BCUT2D eigenvalue weighted by Gasteiger charge is -2.31. The number of aromatic nitrogens is 4. The number of benzene rings is 1. The van der Waals surface area contributed by atoms with Gasteiger partial charge >= 0.3 is 5.69 Å². The van der Waals surface area contributed by atoms with Crippen LogP contribution in [0.25, 0.3) is 10.9 Å². The fourth-order valence-electron chi connectivity index (χ4n) is 3.97. The minimum atomic E-state index is -0.499. The molecule has 0 amide bonds. The topological polar surface area (TPSA) is 141 Å². The number of anilines is 4. The van der Waals surface area contributed by atoms with Crippen molar-refractivity contribution < 1.29 is 19.1 Å². The summed E-state index contributed by atoms with van der Waals surface area (Å²) in [5, 5.41) is 15.2. The summed E-state index contributed by atoms with van der Waals surface area (Å²) < 4.78 is 16.1. The molecule has 1 N–H and O–H groups in total. The van der Waals surface area contributed by atoms with Crippen LogP contribution in [0.1, 0.15) is 0 Å². The Morgan fingerprint density at radius 2 is 1.59 bits per heavy atom. The van der Waals surface area contributed by atoms with E-state index >= 15 is 0 Å². The molecule has 1 aromatic carbocycles. The Balaban J connectivity index is 1.55. The summed E-state index contributed by atoms with van der Waals surface area (Å²) in [4.78, 5) is 33.3. The Hall–Kier alpha value is -3.84. The van der Waals surface area contributed by atoms with E-state index in [9.17, 15) is 10.1 Å². The molecule has 34 heavy (non-hydrogen) atoms. The Morgan fingerprint density at radius 3 is 2.15 bits per heavy atom. The predicted octanol–water partition coefficient (Wildman–Crippen LogP) is 1.75. The average molecular weight is 468 g/mol. The molecule has 2 aliphatic rings. The summed E-state index contributed by atoms with van der Waals surface area (Å²) in [5.41, 5.74) is 0.322. The summed E-state index contributed by atoms with van der Waals surface area (Å²) in [6.45, 7) is 5.40. The molecule has 0 spiro atoms. The molecule has 0 bridgehead atoms. The van der Waals surface area contributed by atoms with Crippen molar-refractivity contribution in [3.05, 3.63) is 34.6 Å². The number of nitro benzene ring substituents is 1. The molecule has 2 saturated heterocycles. The average Bonchev–Trinajstić information content (AvgIpc) is 2.89. The van der Waals surface area contributed by atoms with Crippen LogP contribution in [0.5, 0.6) is 5.75 Å². The Kier molecular flexibility index (Phi) is 6.18. The lowest BCUT2D eigenvalue weighted by Crippen LogP contribution is -2.39. The van der Waals surface area contributed by atoms with E-state index in [1.165, 1.54) is 25.6 Å². The second-order valence-corrected chi connectivity index (χ2v) is 7.75. The van der Waals surface area contributed by atoms with Crippen molar-refractivity contribution in [1.29, 1.82) is 0 Å². The smallest absolute Gasteiger partial charge is 0.311 e. The second-order valence-electron chi connectivity index (χ2n) is 7.75. The molecule has 4 heterocycles. The quantitative estimate of drug-likeness (QED) is 0.416. The normalized spacial score (nSPS) is 16.5. The Morgan fingerprint density at radius 1 is 0.971 bits per heavy atom. The van der Waals surface area contributed by atoms with Crippen LogP contribution in [0.4, 0.5) is 29.1 Å². The minimum Gasteiger partial charge on any atom is -0.490 e. The molecule has 0 unspecified atom stereocenters. The van der Waals surface area contributed by atoms with Gasteiger partial charge in [-0.25, -0.2) is 9.97 Å². The van der Waals surface area contributed by atoms with Gasteiger partial charge in [0, 0.05) is 44.4 Å². The van der Waals surface area contributed by atoms with Crippen molar-refractivity contribution in [2.24, 2.45) is 0 Å². The monoisotopic (exact) mass is 468 g/mol. The number of nitrogens with zero attached hydrogens (tertiary/aromatic N) is 7. The third-order valence-electron chi connectivity index (χ3n) is 5.73. The zero-order valence-corrected chi connectivity index (χ0v) is 18.6. The number of nitro groups is 1.